The van der Waals surface area contributed by atoms with E-state index in [0.717, 1.165) is 26.2 Å². The molecule has 0 aromatic carbocycles. The molecule has 2 heterocycles. The van der Waals surface area contributed by atoms with Crippen molar-refractivity contribution in [1.82, 2.24) is 29.8 Å². The molecule has 0 aromatic heterocycles. The maximum atomic E-state index is 11.9. The van der Waals surface area contributed by atoms with Crippen LogP contribution in [-0.4, -0.2) is 153 Å². The Labute approximate surface area is 239 Å². The van der Waals surface area contributed by atoms with Gasteiger partial charge in [-0.3, -0.25) is 14.5 Å². The molecule has 2 aliphatic rings. The van der Waals surface area contributed by atoms with Gasteiger partial charge in [0.05, 0.1) is 6.54 Å². The maximum Gasteiger partial charge on any atom is 0.410 e. The highest BCUT2D eigenvalue weighted by Crippen LogP contribution is 2.12. The first-order chi connectivity index (χ1) is 17.9. The van der Waals surface area contributed by atoms with E-state index < -0.39 is 5.60 Å². The number of ether oxygens (including phenoxy) is 2. The number of amides is 4. The minimum Gasteiger partial charge on any atom is -0.444 e. The number of rotatable bonds is 3. The molecule has 2 fully saturated rings. The first-order valence-corrected chi connectivity index (χ1v) is 13.7. The Bertz CT molecular complexity index is 768. The standard InChI is InChI=1S/C13H25N3O3.C9H18N2O2.C4H8ClNO/c1-13(2,3)19-12(18)16-8-6-15(7-9-16)10-11(17)14(4)5;1-9(2,3)13-8(12)11-6-4-10-5-7-11;1-6(2)4(7)3-5/h6-10H2,1-5H3;10H,4-7H2,1-3H3;3H2,1-2H3. The second kappa shape index (κ2) is 17.4. The highest BCUT2D eigenvalue weighted by molar-refractivity contribution is 6.27. The van der Waals surface area contributed by atoms with Crippen molar-refractivity contribution in [3.8, 4) is 0 Å². The molecule has 0 unspecified atom stereocenters. The number of nitrogens with one attached hydrogen (secondary N) is 1. The topological polar surface area (TPSA) is 115 Å². The van der Waals surface area contributed by atoms with Gasteiger partial charge in [-0.15, -0.1) is 11.6 Å². The van der Waals surface area contributed by atoms with Crippen LogP contribution in [0.4, 0.5) is 9.59 Å². The van der Waals surface area contributed by atoms with Crippen molar-refractivity contribution >= 4 is 35.6 Å². The zero-order valence-electron chi connectivity index (χ0n) is 25.6. The van der Waals surface area contributed by atoms with E-state index in [1.807, 2.05) is 41.5 Å². The summed E-state index contributed by atoms with van der Waals surface area (Å²) in [7, 11) is 6.84. The predicted octanol–water partition coefficient (Wildman–Crippen LogP) is 1.77. The van der Waals surface area contributed by atoms with Crippen LogP contribution in [-0.2, 0) is 19.1 Å². The molecule has 12 nitrogen and oxygen atoms in total. The molecule has 0 saturated carbocycles. The quantitative estimate of drug-likeness (QED) is 0.504. The van der Waals surface area contributed by atoms with Gasteiger partial charge in [0.25, 0.3) is 0 Å². The molecular formula is C26H51ClN6O6. The van der Waals surface area contributed by atoms with Crippen LogP contribution < -0.4 is 5.32 Å². The Morgan fingerprint density at radius 2 is 1.08 bits per heavy atom. The van der Waals surface area contributed by atoms with Crippen molar-refractivity contribution in [2.75, 3.05) is 93.0 Å². The summed E-state index contributed by atoms with van der Waals surface area (Å²) >= 11 is 5.16. The average Bonchev–Trinajstić information content (AvgIpc) is 2.83. The van der Waals surface area contributed by atoms with Gasteiger partial charge in [0.1, 0.15) is 17.1 Å². The molecule has 39 heavy (non-hydrogen) atoms. The van der Waals surface area contributed by atoms with Crippen molar-refractivity contribution < 1.29 is 28.7 Å². The molecule has 228 valence electrons. The molecule has 0 spiro atoms. The molecule has 0 radical (unpaired) electrons. The lowest BCUT2D eigenvalue weighted by atomic mass is 10.2. The maximum absolute atomic E-state index is 11.9. The van der Waals surface area contributed by atoms with Crippen molar-refractivity contribution in [1.29, 1.82) is 0 Å². The fraction of sp³-hybridized carbons (Fsp3) is 0.846. The van der Waals surface area contributed by atoms with Gasteiger partial charge >= 0.3 is 12.2 Å². The van der Waals surface area contributed by atoms with Gasteiger partial charge in [0.15, 0.2) is 0 Å². The lowest BCUT2D eigenvalue weighted by molar-refractivity contribution is -0.130. The number of halogens is 1. The summed E-state index contributed by atoms with van der Waals surface area (Å²) in [5, 5.41) is 3.18. The Balaban J connectivity index is 0.000000622. The summed E-state index contributed by atoms with van der Waals surface area (Å²) in [6, 6.07) is 0. The molecule has 2 saturated heterocycles. The minimum atomic E-state index is -0.463. The summed E-state index contributed by atoms with van der Waals surface area (Å²) < 4.78 is 10.6. The summed E-state index contributed by atoms with van der Waals surface area (Å²) in [6.07, 6.45) is -0.472. The summed E-state index contributed by atoms with van der Waals surface area (Å²) in [5.41, 5.74) is -0.850. The van der Waals surface area contributed by atoms with Crippen molar-refractivity contribution in [3.05, 3.63) is 0 Å². The molecule has 0 atom stereocenters. The summed E-state index contributed by atoms with van der Waals surface area (Å²) in [4.78, 5) is 53.8. The highest BCUT2D eigenvalue weighted by Gasteiger charge is 2.27. The SMILES string of the molecule is CC(C)(C)OC(=O)N1CCNCC1.CN(C)C(=O)CCl.CN(C)C(=O)CN1CCN(C(=O)OC(C)(C)C)CC1. The smallest absolute Gasteiger partial charge is 0.410 e. The van der Waals surface area contributed by atoms with Crippen molar-refractivity contribution in [3.63, 3.8) is 0 Å². The molecule has 2 rings (SSSR count). The summed E-state index contributed by atoms with van der Waals surface area (Å²) in [5.74, 6) is 0.111. The van der Waals surface area contributed by atoms with Crippen LogP contribution in [0, 0.1) is 0 Å². The molecule has 4 amide bonds. The fourth-order valence-corrected chi connectivity index (χ4v) is 3.28. The van der Waals surface area contributed by atoms with Gasteiger partial charge in [-0.05, 0) is 41.5 Å². The van der Waals surface area contributed by atoms with Crippen LogP contribution in [0.2, 0.25) is 0 Å². The third kappa shape index (κ3) is 17.8. The fourth-order valence-electron chi connectivity index (χ4n) is 3.04. The molecule has 0 aromatic rings. The van der Waals surface area contributed by atoms with Crippen LogP contribution in [0.1, 0.15) is 41.5 Å². The van der Waals surface area contributed by atoms with Crippen LogP contribution in [0.5, 0.6) is 0 Å². The largest absolute Gasteiger partial charge is 0.444 e. The first-order valence-electron chi connectivity index (χ1n) is 13.2. The lowest BCUT2D eigenvalue weighted by Gasteiger charge is -2.35. The van der Waals surface area contributed by atoms with Crippen molar-refractivity contribution in [2.24, 2.45) is 0 Å². The Morgan fingerprint density at radius 1 is 0.692 bits per heavy atom. The van der Waals surface area contributed by atoms with E-state index in [-0.39, 0.29) is 35.5 Å². The normalized spacial score (nSPS) is 16.1. The molecule has 2 aliphatic heterocycles. The number of carbonyl (C=O) groups excluding carboxylic acids is 4. The number of nitrogens with zero attached hydrogens (tertiary/aromatic N) is 5. The van der Waals surface area contributed by atoms with Crippen LogP contribution in [0.3, 0.4) is 0 Å². The Hall–Kier alpha value is -2.31. The van der Waals surface area contributed by atoms with Gasteiger partial charge in [-0.25, -0.2) is 9.59 Å². The van der Waals surface area contributed by atoms with Gasteiger partial charge in [-0.2, -0.15) is 0 Å². The number of hydrogen-bond donors (Lipinski definition) is 1. The van der Waals surface area contributed by atoms with Crippen LogP contribution in [0.15, 0.2) is 0 Å². The molecular weight excluding hydrogens is 528 g/mol. The van der Waals surface area contributed by atoms with Gasteiger partial charge in [0.2, 0.25) is 11.8 Å². The second-order valence-electron chi connectivity index (χ2n) is 11.7. The third-order valence-corrected chi connectivity index (χ3v) is 5.49. The average molecular weight is 579 g/mol. The lowest BCUT2D eigenvalue weighted by Crippen LogP contribution is -2.51. The van der Waals surface area contributed by atoms with Crippen LogP contribution >= 0.6 is 11.6 Å². The molecule has 1 N–H and O–H groups in total. The number of hydrogen-bond acceptors (Lipinski definition) is 8. The number of carbonyl (C=O) groups is 4. The minimum absolute atomic E-state index is 0.0540. The molecule has 0 bridgehead atoms. The van der Waals surface area contributed by atoms with Gasteiger partial charge in [0, 0.05) is 80.5 Å². The van der Waals surface area contributed by atoms with Crippen LogP contribution in [0.25, 0.3) is 0 Å². The van der Waals surface area contributed by atoms with Gasteiger partial charge in [-0.1, -0.05) is 0 Å². The third-order valence-electron chi connectivity index (χ3n) is 5.26. The van der Waals surface area contributed by atoms with E-state index in [1.165, 1.54) is 4.90 Å². The monoisotopic (exact) mass is 578 g/mol. The zero-order chi connectivity index (χ0) is 30.4. The number of alkyl halides is 1. The van der Waals surface area contributed by atoms with E-state index in [0.29, 0.717) is 32.7 Å². The van der Waals surface area contributed by atoms with Gasteiger partial charge < -0.3 is 34.4 Å². The number of likely N-dealkylation sites (N-methyl/N-ethyl adjacent to an activating group) is 1. The van der Waals surface area contributed by atoms with E-state index in [1.54, 1.807) is 42.9 Å². The van der Waals surface area contributed by atoms with Crippen molar-refractivity contribution in [2.45, 2.75) is 52.7 Å². The zero-order valence-corrected chi connectivity index (χ0v) is 26.4. The Kier molecular flexibility index (Phi) is 16.4. The molecule has 13 heteroatoms. The number of piperazine rings is 2. The second-order valence-corrected chi connectivity index (χ2v) is 11.9. The van der Waals surface area contributed by atoms with E-state index in [2.05, 4.69) is 10.2 Å². The summed E-state index contributed by atoms with van der Waals surface area (Å²) in [6.45, 7) is 17.5. The van der Waals surface area contributed by atoms with E-state index in [9.17, 15) is 19.2 Å². The first kappa shape index (κ1) is 36.7. The van der Waals surface area contributed by atoms with E-state index >= 15 is 0 Å². The molecule has 0 aliphatic carbocycles. The Morgan fingerprint density at radius 3 is 1.38 bits per heavy atom. The highest BCUT2D eigenvalue weighted by atomic mass is 35.5. The van der Waals surface area contributed by atoms with E-state index in [4.69, 9.17) is 21.1 Å². The predicted molar refractivity (Wildman–Crippen MR) is 153 cm³/mol.